The van der Waals surface area contributed by atoms with E-state index in [1.807, 2.05) is 35.9 Å². The number of hydrogen-bond acceptors (Lipinski definition) is 6. The average molecular weight is 352 g/mol. The van der Waals surface area contributed by atoms with Crippen molar-refractivity contribution in [1.82, 2.24) is 24.7 Å². The van der Waals surface area contributed by atoms with Gasteiger partial charge in [-0.15, -0.1) is 0 Å². The Morgan fingerprint density at radius 3 is 2.88 bits per heavy atom. The molecule has 0 aromatic carbocycles. The van der Waals surface area contributed by atoms with E-state index in [1.54, 1.807) is 18.6 Å². The van der Waals surface area contributed by atoms with Gasteiger partial charge in [0.05, 0.1) is 17.7 Å². The van der Waals surface area contributed by atoms with Crippen molar-refractivity contribution < 1.29 is 9.90 Å². The molecule has 0 aliphatic carbocycles. The molecule has 1 aliphatic rings. The molecule has 4 rings (SSSR count). The molecule has 134 valence electrons. The highest BCUT2D eigenvalue weighted by atomic mass is 16.3. The van der Waals surface area contributed by atoms with Gasteiger partial charge in [0.15, 0.2) is 5.82 Å². The second kappa shape index (κ2) is 6.38. The Hall–Kier alpha value is -3.00. The number of carbonyl (C=O) groups is 1. The number of aryl methyl sites for hydroxylation is 1. The van der Waals surface area contributed by atoms with Gasteiger partial charge in [-0.25, -0.2) is 15.0 Å². The quantitative estimate of drug-likeness (QED) is 0.721. The summed E-state index contributed by atoms with van der Waals surface area (Å²) < 4.78 is 2.00. The third-order valence-corrected chi connectivity index (χ3v) is 4.75. The number of aliphatic hydroxyl groups excluding tert-OH is 1. The number of carbonyl (C=O) groups excluding carboxylic acids is 1. The van der Waals surface area contributed by atoms with E-state index in [-0.39, 0.29) is 18.3 Å². The first kappa shape index (κ1) is 16.5. The van der Waals surface area contributed by atoms with Gasteiger partial charge in [-0.1, -0.05) is 0 Å². The Morgan fingerprint density at radius 1 is 1.31 bits per heavy atom. The second-order valence-corrected chi connectivity index (χ2v) is 6.70. The lowest BCUT2D eigenvalue weighted by atomic mass is 10.00. The number of aromatic nitrogens is 4. The Kier molecular flexibility index (Phi) is 4.04. The minimum atomic E-state index is -0.744. The molecule has 0 spiro atoms. The monoisotopic (exact) mass is 352 g/mol. The van der Waals surface area contributed by atoms with Crippen LogP contribution in [0.4, 0.5) is 5.82 Å². The molecule has 0 bridgehead atoms. The van der Waals surface area contributed by atoms with Crippen LogP contribution in [0.1, 0.15) is 22.6 Å². The summed E-state index contributed by atoms with van der Waals surface area (Å²) in [6, 6.07) is 3.96. The number of aliphatic hydroxyl groups is 1. The highest BCUT2D eigenvalue weighted by Crippen LogP contribution is 2.28. The Bertz CT molecular complexity index is 938. The van der Waals surface area contributed by atoms with E-state index in [4.69, 9.17) is 0 Å². The molecular formula is C18H20N6O2. The van der Waals surface area contributed by atoms with Gasteiger partial charge in [0.2, 0.25) is 5.82 Å². The summed E-state index contributed by atoms with van der Waals surface area (Å²) in [6.07, 6.45) is 9.43. The van der Waals surface area contributed by atoms with E-state index in [9.17, 15) is 9.90 Å². The molecule has 1 amide bonds. The van der Waals surface area contributed by atoms with Crippen LogP contribution >= 0.6 is 0 Å². The lowest BCUT2D eigenvalue weighted by Crippen LogP contribution is -2.53. The standard InChI is InChI=1S/C18H20N6O2/c1-13-9-20-15(21-10-13)17(26)22-18(12-25)4-7-24(11-18)16-14-3-2-6-23(14)8-5-19-16/h2-3,5-6,8-10,25H,4,7,11-12H2,1H3,(H,22,26). The summed E-state index contributed by atoms with van der Waals surface area (Å²) in [6.45, 7) is 2.86. The van der Waals surface area contributed by atoms with Crippen LogP contribution in [0.25, 0.3) is 5.52 Å². The summed E-state index contributed by atoms with van der Waals surface area (Å²) in [5.41, 5.74) is 1.14. The zero-order chi connectivity index (χ0) is 18.1. The van der Waals surface area contributed by atoms with Crippen LogP contribution in [0.5, 0.6) is 0 Å². The third kappa shape index (κ3) is 2.88. The van der Waals surface area contributed by atoms with Gasteiger partial charge in [0.1, 0.15) is 0 Å². The van der Waals surface area contributed by atoms with Crippen molar-refractivity contribution in [3.05, 3.63) is 54.5 Å². The molecule has 1 saturated heterocycles. The maximum absolute atomic E-state index is 12.5. The molecule has 4 heterocycles. The molecule has 1 aliphatic heterocycles. The fraction of sp³-hybridized carbons (Fsp3) is 0.333. The molecule has 1 fully saturated rings. The Balaban J connectivity index is 1.55. The number of anilines is 1. The predicted octanol–water partition coefficient (Wildman–Crippen LogP) is 0.804. The number of amides is 1. The summed E-state index contributed by atoms with van der Waals surface area (Å²) >= 11 is 0. The van der Waals surface area contributed by atoms with Crippen molar-refractivity contribution in [1.29, 1.82) is 0 Å². The Morgan fingerprint density at radius 2 is 2.12 bits per heavy atom. The fourth-order valence-corrected chi connectivity index (χ4v) is 3.33. The van der Waals surface area contributed by atoms with Gasteiger partial charge in [0.25, 0.3) is 5.91 Å². The number of fused-ring (bicyclic) bond motifs is 1. The topological polar surface area (TPSA) is 95.6 Å². The van der Waals surface area contributed by atoms with Crippen molar-refractivity contribution in [3.8, 4) is 0 Å². The zero-order valence-electron chi connectivity index (χ0n) is 14.5. The largest absolute Gasteiger partial charge is 0.394 e. The van der Waals surface area contributed by atoms with Crippen LogP contribution < -0.4 is 10.2 Å². The Labute approximate surface area is 150 Å². The van der Waals surface area contributed by atoms with Crippen LogP contribution in [0.3, 0.4) is 0 Å². The maximum atomic E-state index is 12.5. The first-order chi connectivity index (χ1) is 12.6. The van der Waals surface area contributed by atoms with Gasteiger partial charge >= 0.3 is 0 Å². The predicted molar refractivity (Wildman–Crippen MR) is 96.1 cm³/mol. The fourth-order valence-electron chi connectivity index (χ4n) is 3.33. The van der Waals surface area contributed by atoms with Crippen molar-refractivity contribution in [2.45, 2.75) is 18.9 Å². The van der Waals surface area contributed by atoms with Crippen LogP contribution in [-0.4, -0.2) is 55.6 Å². The molecule has 1 atom stereocenters. The van der Waals surface area contributed by atoms with E-state index in [0.29, 0.717) is 19.5 Å². The molecule has 0 radical (unpaired) electrons. The van der Waals surface area contributed by atoms with Crippen molar-refractivity contribution in [2.24, 2.45) is 0 Å². The lowest BCUT2D eigenvalue weighted by Gasteiger charge is -2.28. The highest BCUT2D eigenvalue weighted by Gasteiger charge is 2.40. The molecule has 1 unspecified atom stereocenters. The normalized spacial score (nSPS) is 19.8. The smallest absolute Gasteiger partial charge is 0.289 e. The highest BCUT2D eigenvalue weighted by molar-refractivity contribution is 5.91. The van der Waals surface area contributed by atoms with Crippen molar-refractivity contribution >= 4 is 17.2 Å². The minimum absolute atomic E-state index is 0.105. The molecule has 2 N–H and O–H groups in total. The van der Waals surface area contributed by atoms with Crippen molar-refractivity contribution in [2.75, 3.05) is 24.6 Å². The van der Waals surface area contributed by atoms with Gasteiger partial charge < -0.3 is 19.7 Å². The SMILES string of the molecule is Cc1cnc(C(=O)NC2(CO)CCN(c3nccn4cccc34)C2)nc1. The van der Waals surface area contributed by atoms with Crippen LogP contribution in [-0.2, 0) is 0 Å². The van der Waals surface area contributed by atoms with Crippen molar-refractivity contribution in [3.63, 3.8) is 0 Å². The molecule has 0 saturated carbocycles. The summed E-state index contributed by atoms with van der Waals surface area (Å²) in [7, 11) is 0. The van der Waals surface area contributed by atoms with E-state index in [0.717, 1.165) is 16.9 Å². The lowest BCUT2D eigenvalue weighted by molar-refractivity contribution is 0.0843. The summed E-state index contributed by atoms with van der Waals surface area (Å²) in [5, 5.41) is 12.9. The number of nitrogens with one attached hydrogen (secondary N) is 1. The minimum Gasteiger partial charge on any atom is -0.394 e. The van der Waals surface area contributed by atoms with Gasteiger partial charge in [-0.05, 0) is 31.0 Å². The molecule has 26 heavy (non-hydrogen) atoms. The van der Waals surface area contributed by atoms with Crippen LogP contribution in [0, 0.1) is 6.92 Å². The van der Waals surface area contributed by atoms with Gasteiger partial charge in [0, 0.05) is 44.1 Å². The first-order valence-electron chi connectivity index (χ1n) is 8.49. The molecular weight excluding hydrogens is 332 g/mol. The van der Waals surface area contributed by atoms with Crippen LogP contribution in [0.15, 0.2) is 43.1 Å². The van der Waals surface area contributed by atoms with Crippen LogP contribution in [0.2, 0.25) is 0 Å². The molecule has 3 aromatic heterocycles. The van der Waals surface area contributed by atoms with E-state index in [2.05, 4.69) is 25.2 Å². The van der Waals surface area contributed by atoms with Gasteiger partial charge in [-0.3, -0.25) is 4.79 Å². The number of hydrogen-bond donors (Lipinski definition) is 2. The van der Waals surface area contributed by atoms with E-state index < -0.39 is 5.54 Å². The first-order valence-corrected chi connectivity index (χ1v) is 8.49. The molecule has 8 nitrogen and oxygen atoms in total. The second-order valence-electron chi connectivity index (χ2n) is 6.70. The zero-order valence-corrected chi connectivity index (χ0v) is 14.5. The number of nitrogens with zero attached hydrogens (tertiary/aromatic N) is 5. The molecule has 8 heteroatoms. The summed E-state index contributed by atoms with van der Waals surface area (Å²) in [4.78, 5) is 27.2. The maximum Gasteiger partial charge on any atom is 0.289 e. The van der Waals surface area contributed by atoms with E-state index >= 15 is 0 Å². The van der Waals surface area contributed by atoms with Gasteiger partial charge in [-0.2, -0.15) is 0 Å². The number of rotatable bonds is 4. The average Bonchev–Trinajstić information content (AvgIpc) is 3.29. The third-order valence-electron chi connectivity index (χ3n) is 4.75. The summed E-state index contributed by atoms with van der Waals surface area (Å²) in [5.74, 6) is 0.567. The van der Waals surface area contributed by atoms with E-state index in [1.165, 1.54) is 0 Å². The molecule has 3 aromatic rings.